The summed E-state index contributed by atoms with van der Waals surface area (Å²) in [6.45, 7) is 5.34. The van der Waals surface area contributed by atoms with Crippen LogP contribution in [0.15, 0.2) is 6.07 Å². The van der Waals surface area contributed by atoms with Gasteiger partial charge in [-0.3, -0.25) is 9.48 Å². The van der Waals surface area contributed by atoms with Gasteiger partial charge in [0, 0.05) is 19.3 Å². The van der Waals surface area contributed by atoms with E-state index in [9.17, 15) is 4.79 Å². The number of nitrogens with zero attached hydrogens (tertiary/aromatic N) is 2. The second-order valence-corrected chi connectivity index (χ2v) is 4.13. The molecule has 0 fully saturated rings. The molecule has 16 heavy (non-hydrogen) atoms. The molecule has 1 heterocycles. The topological polar surface area (TPSA) is 72.9 Å². The quantitative estimate of drug-likeness (QED) is 0.720. The zero-order valence-electron chi connectivity index (χ0n) is 10.2. The van der Waals surface area contributed by atoms with Crippen molar-refractivity contribution in [2.24, 2.45) is 12.8 Å². The number of hydrogen-bond acceptors (Lipinski definition) is 3. The highest BCUT2D eigenvalue weighted by atomic mass is 16.1. The first kappa shape index (κ1) is 12.7. The summed E-state index contributed by atoms with van der Waals surface area (Å²) >= 11 is 0. The molecule has 1 aromatic heterocycles. The van der Waals surface area contributed by atoms with Crippen LogP contribution in [0.1, 0.15) is 42.4 Å². The van der Waals surface area contributed by atoms with Gasteiger partial charge < -0.3 is 11.1 Å². The third kappa shape index (κ3) is 3.06. The summed E-state index contributed by atoms with van der Waals surface area (Å²) in [6, 6.07) is 1.84. The van der Waals surface area contributed by atoms with Gasteiger partial charge in [0.15, 0.2) is 0 Å². The first-order valence-electron chi connectivity index (χ1n) is 5.58. The average Bonchev–Trinajstić information content (AvgIpc) is 2.60. The number of aryl methyl sites for hydroxylation is 1. The average molecular weight is 224 g/mol. The largest absolute Gasteiger partial charge is 0.351 e. The van der Waals surface area contributed by atoms with Crippen LogP contribution in [0.2, 0.25) is 0 Å². The lowest BCUT2D eigenvalue weighted by molar-refractivity contribution is 0.0948. The Kier molecular flexibility index (Phi) is 4.49. The Labute approximate surface area is 96.0 Å². The molecule has 0 unspecified atom stereocenters. The number of amides is 1. The van der Waals surface area contributed by atoms with Crippen molar-refractivity contribution in [1.29, 1.82) is 0 Å². The van der Waals surface area contributed by atoms with Gasteiger partial charge in [-0.1, -0.05) is 13.8 Å². The molecular formula is C11H20N4O. The Balaban J connectivity index is 2.66. The summed E-state index contributed by atoms with van der Waals surface area (Å²) in [4.78, 5) is 11.7. The second-order valence-electron chi connectivity index (χ2n) is 4.13. The van der Waals surface area contributed by atoms with Crippen LogP contribution in [0.3, 0.4) is 0 Å². The van der Waals surface area contributed by atoms with Gasteiger partial charge in [-0.2, -0.15) is 5.10 Å². The van der Waals surface area contributed by atoms with E-state index in [0.29, 0.717) is 24.7 Å². The van der Waals surface area contributed by atoms with Crippen molar-refractivity contribution in [2.45, 2.75) is 26.2 Å². The van der Waals surface area contributed by atoms with Crippen LogP contribution in [0.5, 0.6) is 0 Å². The SMILES string of the molecule is CC(C)c1cc(C(=O)NCCCN)nn1C. The van der Waals surface area contributed by atoms with Crippen LogP contribution in [-0.2, 0) is 7.05 Å². The molecule has 0 saturated heterocycles. The summed E-state index contributed by atoms with van der Waals surface area (Å²) in [5.41, 5.74) is 6.88. The molecule has 1 amide bonds. The highest BCUT2D eigenvalue weighted by Gasteiger charge is 2.13. The minimum Gasteiger partial charge on any atom is -0.351 e. The summed E-state index contributed by atoms with van der Waals surface area (Å²) < 4.78 is 1.75. The van der Waals surface area contributed by atoms with Gasteiger partial charge in [-0.05, 0) is 24.9 Å². The van der Waals surface area contributed by atoms with Gasteiger partial charge in [-0.15, -0.1) is 0 Å². The van der Waals surface area contributed by atoms with Crippen LogP contribution < -0.4 is 11.1 Å². The van der Waals surface area contributed by atoms with Crippen molar-refractivity contribution in [3.05, 3.63) is 17.5 Å². The molecular weight excluding hydrogens is 204 g/mol. The van der Waals surface area contributed by atoms with E-state index in [0.717, 1.165) is 12.1 Å². The van der Waals surface area contributed by atoms with Crippen molar-refractivity contribution in [1.82, 2.24) is 15.1 Å². The van der Waals surface area contributed by atoms with Crippen molar-refractivity contribution in [3.63, 3.8) is 0 Å². The van der Waals surface area contributed by atoms with Crippen molar-refractivity contribution in [2.75, 3.05) is 13.1 Å². The molecule has 0 radical (unpaired) electrons. The highest BCUT2D eigenvalue weighted by Crippen LogP contribution is 2.14. The number of rotatable bonds is 5. The van der Waals surface area contributed by atoms with Crippen molar-refractivity contribution >= 4 is 5.91 Å². The number of aromatic nitrogens is 2. The summed E-state index contributed by atoms with van der Waals surface area (Å²) in [5.74, 6) is 0.235. The molecule has 90 valence electrons. The van der Waals surface area contributed by atoms with Crippen LogP contribution in [0.4, 0.5) is 0 Å². The molecule has 0 aromatic carbocycles. The van der Waals surface area contributed by atoms with E-state index in [1.165, 1.54) is 0 Å². The van der Waals surface area contributed by atoms with Crippen LogP contribution in [0.25, 0.3) is 0 Å². The predicted octanol–water partition coefficient (Wildman–Crippen LogP) is 0.622. The maximum Gasteiger partial charge on any atom is 0.271 e. The van der Waals surface area contributed by atoms with E-state index >= 15 is 0 Å². The fourth-order valence-electron chi connectivity index (χ4n) is 1.53. The summed E-state index contributed by atoms with van der Waals surface area (Å²) in [6.07, 6.45) is 0.787. The monoisotopic (exact) mass is 224 g/mol. The maximum atomic E-state index is 11.7. The maximum absolute atomic E-state index is 11.7. The Hall–Kier alpha value is -1.36. The Morgan fingerprint density at radius 1 is 1.62 bits per heavy atom. The molecule has 0 bridgehead atoms. The van der Waals surface area contributed by atoms with Gasteiger partial charge in [0.05, 0.1) is 0 Å². The summed E-state index contributed by atoms with van der Waals surface area (Å²) in [5, 5.41) is 6.97. The van der Waals surface area contributed by atoms with Crippen LogP contribution in [0, 0.1) is 0 Å². The van der Waals surface area contributed by atoms with Crippen molar-refractivity contribution in [3.8, 4) is 0 Å². The van der Waals surface area contributed by atoms with Gasteiger partial charge >= 0.3 is 0 Å². The first-order chi connectivity index (χ1) is 7.56. The third-order valence-corrected chi connectivity index (χ3v) is 2.41. The fraction of sp³-hybridized carbons (Fsp3) is 0.636. The van der Waals surface area contributed by atoms with E-state index in [-0.39, 0.29) is 5.91 Å². The molecule has 0 saturated carbocycles. The zero-order chi connectivity index (χ0) is 12.1. The standard InChI is InChI=1S/C11H20N4O/c1-8(2)10-7-9(14-15(10)3)11(16)13-6-4-5-12/h7-8H,4-6,12H2,1-3H3,(H,13,16). The molecule has 1 aromatic rings. The van der Waals surface area contributed by atoms with Crippen LogP contribution >= 0.6 is 0 Å². The van der Waals surface area contributed by atoms with Gasteiger partial charge in [0.25, 0.3) is 5.91 Å². The second kappa shape index (κ2) is 5.65. The Morgan fingerprint density at radius 2 is 2.31 bits per heavy atom. The molecule has 0 aliphatic heterocycles. The molecule has 0 aliphatic rings. The van der Waals surface area contributed by atoms with Gasteiger partial charge in [0.2, 0.25) is 0 Å². The summed E-state index contributed by atoms with van der Waals surface area (Å²) in [7, 11) is 1.85. The van der Waals surface area contributed by atoms with Gasteiger partial charge in [-0.25, -0.2) is 0 Å². The number of nitrogens with one attached hydrogen (secondary N) is 1. The van der Waals surface area contributed by atoms with E-state index < -0.39 is 0 Å². The molecule has 0 atom stereocenters. The lowest BCUT2D eigenvalue weighted by atomic mass is 10.1. The number of carbonyl (C=O) groups is 1. The molecule has 5 heteroatoms. The number of hydrogen-bond donors (Lipinski definition) is 2. The first-order valence-corrected chi connectivity index (χ1v) is 5.58. The number of carbonyl (C=O) groups excluding carboxylic acids is 1. The Morgan fingerprint density at radius 3 is 2.81 bits per heavy atom. The minimum absolute atomic E-state index is 0.129. The highest BCUT2D eigenvalue weighted by molar-refractivity contribution is 5.92. The third-order valence-electron chi connectivity index (χ3n) is 2.41. The van der Waals surface area contributed by atoms with Crippen molar-refractivity contribution < 1.29 is 4.79 Å². The van der Waals surface area contributed by atoms with E-state index in [1.54, 1.807) is 4.68 Å². The normalized spacial score (nSPS) is 10.8. The smallest absolute Gasteiger partial charge is 0.271 e. The van der Waals surface area contributed by atoms with E-state index in [1.807, 2.05) is 13.1 Å². The molecule has 3 N–H and O–H groups in total. The Bertz CT molecular complexity index is 357. The lowest BCUT2D eigenvalue weighted by Gasteiger charge is -2.02. The minimum atomic E-state index is -0.129. The molecule has 0 spiro atoms. The molecule has 5 nitrogen and oxygen atoms in total. The van der Waals surface area contributed by atoms with E-state index in [2.05, 4.69) is 24.3 Å². The van der Waals surface area contributed by atoms with Crippen LogP contribution in [-0.4, -0.2) is 28.8 Å². The zero-order valence-corrected chi connectivity index (χ0v) is 10.2. The van der Waals surface area contributed by atoms with Gasteiger partial charge in [0.1, 0.15) is 5.69 Å². The van der Waals surface area contributed by atoms with E-state index in [4.69, 9.17) is 5.73 Å². The molecule has 1 rings (SSSR count). The molecule has 0 aliphatic carbocycles. The fourth-order valence-corrected chi connectivity index (χ4v) is 1.53. The lowest BCUT2D eigenvalue weighted by Crippen LogP contribution is -2.26. The predicted molar refractivity (Wildman–Crippen MR) is 63.3 cm³/mol. The number of nitrogens with two attached hydrogens (primary N) is 1.